The van der Waals surface area contributed by atoms with E-state index in [9.17, 15) is 0 Å². The van der Waals surface area contributed by atoms with Gasteiger partial charge in [0.2, 0.25) is 0 Å². The van der Waals surface area contributed by atoms with Crippen LogP contribution in [-0.4, -0.2) is 47.5 Å². The van der Waals surface area contributed by atoms with E-state index in [2.05, 4.69) is 14.9 Å². The molecule has 0 unspecified atom stereocenters. The Labute approximate surface area is 111 Å². The zero-order chi connectivity index (χ0) is 12.8. The molecule has 98 valence electrons. The van der Waals surface area contributed by atoms with Gasteiger partial charge < -0.3 is 15.4 Å². The molecule has 0 aromatic carbocycles. The molecule has 0 spiro atoms. The predicted molar refractivity (Wildman–Crippen MR) is 75.0 cm³/mol. The number of pyridine rings is 1. The molecule has 2 N–H and O–H groups in total. The third kappa shape index (κ3) is 3.29. The van der Waals surface area contributed by atoms with Gasteiger partial charge in [0.1, 0.15) is 11.4 Å². The van der Waals surface area contributed by atoms with E-state index >= 15 is 0 Å². The van der Waals surface area contributed by atoms with Gasteiger partial charge in [0.05, 0.1) is 13.7 Å². The lowest BCUT2D eigenvalue weighted by molar-refractivity contribution is 0.406. The van der Waals surface area contributed by atoms with Crippen molar-refractivity contribution >= 4 is 17.7 Å². The fourth-order valence-corrected chi connectivity index (χ4v) is 2.68. The molecule has 1 saturated heterocycles. The first-order valence-electron chi connectivity index (χ1n) is 5.91. The van der Waals surface area contributed by atoms with Crippen molar-refractivity contribution in [1.82, 2.24) is 9.88 Å². The molecular weight excluding hydrogens is 248 g/mol. The van der Waals surface area contributed by atoms with E-state index in [0.717, 1.165) is 36.0 Å². The molecule has 0 aliphatic carbocycles. The Bertz CT molecular complexity index is 418. The zero-order valence-corrected chi connectivity index (χ0v) is 11.3. The van der Waals surface area contributed by atoms with Crippen LogP contribution < -0.4 is 10.5 Å². The molecule has 1 aliphatic heterocycles. The van der Waals surface area contributed by atoms with Crippen LogP contribution in [0, 0.1) is 0 Å². The van der Waals surface area contributed by atoms with Crippen LogP contribution in [0.5, 0.6) is 5.75 Å². The minimum Gasteiger partial charge on any atom is -0.495 e. The van der Waals surface area contributed by atoms with Crippen molar-refractivity contribution in [2.45, 2.75) is 6.54 Å². The molecule has 1 aromatic rings. The normalized spacial score (nSPS) is 16.7. The molecule has 0 bridgehead atoms. The average molecular weight is 266 g/mol. The molecule has 1 fully saturated rings. The largest absolute Gasteiger partial charge is 0.495 e. The molecule has 0 radical (unpaired) electrons. The molecule has 0 atom stereocenters. The number of hydrogen-bond acceptors (Lipinski definition) is 4. The molecule has 0 amide bonds. The Hall–Kier alpha value is -1.43. The highest BCUT2D eigenvalue weighted by Crippen LogP contribution is 2.15. The van der Waals surface area contributed by atoms with Crippen LogP contribution >= 0.6 is 11.8 Å². The van der Waals surface area contributed by atoms with E-state index in [-0.39, 0.29) is 0 Å². The summed E-state index contributed by atoms with van der Waals surface area (Å²) in [5.41, 5.74) is 6.80. The lowest BCUT2D eigenvalue weighted by atomic mass is 10.3. The van der Waals surface area contributed by atoms with Gasteiger partial charge in [-0.1, -0.05) is 0 Å². The van der Waals surface area contributed by atoms with E-state index < -0.39 is 0 Å². The number of nitrogens with two attached hydrogens (primary N) is 1. The third-order valence-corrected chi connectivity index (χ3v) is 3.74. The number of ether oxygens (including phenoxy) is 1. The van der Waals surface area contributed by atoms with Crippen LogP contribution in [0.15, 0.2) is 23.3 Å². The third-order valence-electron chi connectivity index (χ3n) is 2.79. The first kappa shape index (κ1) is 13.0. The summed E-state index contributed by atoms with van der Waals surface area (Å²) in [7, 11) is 1.63. The maximum atomic E-state index is 5.99. The van der Waals surface area contributed by atoms with Gasteiger partial charge in [-0.25, -0.2) is 4.99 Å². The van der Waals surface area contributed by atoms with E-state index in [0.29, 0.717) is 12.5 Å². The molecule has 0 saturated carbocycles. The Morgan fingerprint density at radius 2 is 2.33 bits per heavy atom. The molecule has 1 aliphatic rings. The second kappa shape index (κ2) is 6.49. The molecule has 6 heteroatoms. The van der Waals surface area contributed by atoms with Crippen LogP contribution in [0.3, 0.4) is 0 Å². The van der Waals surface area contributed by atoms with Crippen LogP contribution in [0.4, 0.5) is 0 Å². The van der Waals surface area contributed by atoms with Gasteiger partial charge in [0.25, 0.3) is 0 Å². The standard InChI is InChI=1S/C12H18N4OS/c1-17-11-3-2-4-14-10(11)9-15-12(13)16-5-7-18-8-6-16/h2-4H,5-9H2,1H3,(H2,13,15). The Morgan fingerprint density at radius 1 is 1.56 bits per heavy atom. The second-order valence-electron chi connectivity index (χ2n) is 3.93. The second-order valence-corrected chi connectivity index (χ2v) is 5.15. The minimum atomic E-state index is 0.458. The number of nitrogens with zero attached hydrogens (tertiary/aromatic N) is 3. The van der Waals surface area contributed by atoms with Gasteiger partial charge in [0, 0.05) is 30.8 Å². The van der Waals surface area contributed by atoms with Crippen molar-refractivity contribution in [2.24, 2.45) is 10.7 Å². The summed E-state index contributed by atoms with van der Waals surface area (Å²) < 4.78 is 5.23. The lowest BCUT2D eigenvalue weighted by Crippen LogP contribution is -2.42. The fraction of sp³-hybridized carbons (Fsp3) is 0.500. The van der Waals surface area contributed by atoms with E-state index in [1.165, 1.54) is 0 Å². The number of aliphatic imine (C=N–C) groups is 1. The molecular formula is C12H18N4OS. The van der Waals surface area contributed by atoms with Crippen LogP contribution in [0.1, 0.15) is 5.69 Å². The monoisotopic (exact) mass is 266 g/mol. The van der Waals surface area contributed by atoms with E-state index in [1.807, 2.05) is 23.9 Å². The highest BCUT2D eigenvalue weighted by Gasteiger charge is 2.12. The zero-order valence-electron chi connectivity index (χ0n) is 10.5. The van der Waals surface area contributed by atoms with Crippen molar-refractivity contribution in [3.05, 3.63) is 24.0 Å². The van der Waals surface area contributed by atoms with Crippen LogP contribution in [0.2, 0.25) is 0 Å². The Kier molecular flexibility index (Phi) is 4.69. The van der Waals surface area contributed by atoms with Gasteiger partial charge in [0.15, 0.2) is 5.96 Å². The highest BCUT2D eigenvalue weighted by atomic mass is 32.2. The van der Waals surface area contributed by atoms with E-state index in [4.69, 9.17) is 10.5 Å². The first-order valence-corrected chi connectivity index (χ1v) is 7.07. The highest BCUT2D eigenvalue weighted by molar-refractivity contribution is 7.99. The summed E-state index contributed by atoms with van der Waals surface area (Å²) in [5.74, 6) is 3.58. The summed E-state index contributed by atoms with van der Waals surface area (Å²) in [4.78, 5) is 10.8. The summed E-state index contributed by atoms with van der Waals surface area (Å²) in [6, 6.07) is 3.73. The van der Waals surface area contributed by atoms with Crippen molar-refractivity contribution in [3.63, 3.8) is 0 Å². The fourth-order valence-electron chi connectivity index (χ4n) is 1.78. The van der Waals surface area contributed by atoms with Gasteiger partial charge in [-0.05, 0) is 12.1 Å². The number of rotatable bonds is 3. The minimum absolute atomic E-state index is 0.458. The number of aromatic nitrogens is 1. The average Bonchev–Trinajstić information content (AvgIpc) is 2.46. The quantitative estimate of drug-likeness (QED) is 0.652. The van der Waals surface area contributed by atoms with Gasteiger partial charge in [-0.15, -0.1) is 0 Å². The van der Waals surface area contributed by atoms with Crippen molar-refractivity contribution in [3.8, 4) is 5.75 Å². The predicted octanol–water partition coefficient (Wildman–Crippen LogP) is 0.954. The lowest BCUT2D eigenvalue weighted by Gasteiger charge is -2.27. The molecule has 1 aromatic heterocycles. The molecule has 2 rings (SSSR count). The van der Waals surface area contributed by atoms with Crippen molar-refractivity contribution in [1.29, 1.82) is 0 Å². The maximum Gasteiger partial charge on any atom is 0.191 e. The number of methoxy groups -OCH3 is 1. The van der Waals surface area contributed by atoms with Crippen molar-refractivity contribution in [2.75, 3.05) is 31.7 Å². The van der Waals surface area contributed by atoms with Crippen LogP contribution in [0.25, 0.3) is 0 Å². The maximum absolute atomic E-state index is 5.99. The SMILES string of the molecule is COc1cccnc1CN=C(N)N1CCSCC1. The summed E-state index contributed by atoms with van der Waals surface area (Å²) in [6.45, 7) is 2.40. The topological polar surface area (TPSA) is 63.7 Å². The van der Waals surface area contributed by atoms with Crippen molar-refractivity contribution < 1.29 is 4.74 Å². The molecule has 5 nitrogen and oxygen atoms in total. The van der Waals surface area contributed by atoms with Crippen LogP contribution in [-0.2, 0) is 6.54 Å². The smallest absolute Gasteiger partial charge is 0.191 e. The molecule has 18 heavy (non-hydrogen) atoms. The van der Waals surface area contributed by atoms with Gasteiger partial charge >= 0.3 is 0 Å². The Morgan fingerprint density at radius 3 is 3.06 bits per heavy atom. The summed E-state index contributed by atoms with van der Waals surface area (Å²) in [5, 5.41) is 0. The van der Waals surface area contributed by atoms with E-state index in [1.54, 1.807) is 13.3 Å². The summed E-state index contributed by atoms with van der Waals surface area (Å²) in [6.07, 6.45) is 1.74. The molecule has 2 heterocycles. The number of hydrogen-bond donors (Lipinski definition) is 1. The number of guanidine groups is 1. The number of thioether (sulfide) groups is 1. The Balaban J connectivity index is 2.00. The van der Waals surface area contributed by atoms with Gasteiger partial charge in [-0.2, -0.15) is 11.8 Å². The summed E-state index contributed by atoms with van der Waals surface area (Å²) >= 11 is 1.95. The first-order chi connectivity index (χ1) is 8.81. The van der Waals surface area contributed by atoms with Gasteiger partial charge in [-0.3, -0.25) is 4.98 Å².